The molecule has 4 nitrogen and oxygen atoms in total. The Morgan fingerprint density at radius 2 is 2.24 bits per heavy atom. The molecule has 0 bridgehead atoms. The third-order valence-electron chi connectivity index (χ3n) is 3.65. The zero-order valence-electron chi connectivity index (χ0n) is 10.6. The van der Waals surface area contributed by atoms with E-state index in [-0.39, 0.29) is 0 Å². The number of rotatable bonds is 3. The number of hydrogen-bond acceptors (Lipinski definition) is 3. The molecule has 1 aromatic rings. The van der Waals surface area contributed by atoms with Crippen LogP contribution in [0.2, 0.25) is 5.15 Å². The van der Waals surface area contributed by atoms with Crippen LogP contribution in [-0.4, -0.2) is 33.8 Å². The SMILES string of the molecule is Cc1nn(C)c(Cl)c1CN1CCCCC1CN. The van der Waals surface area contributed by atoms with E-state index in [1.165, 1.54) is 19.3 Å². The van der Waals surface area contributed by atoms with E-state index in [9.17, 15) is 0 Å². The Labute approximate surface area is 108 Å². The lowest BCUT2D eigenvalue weighted by Gasteiger charge is -2.34. The van der Waals surface area contributed by atoms with E-state index in [2.05, 4.69) is 10.00 Å². The molecule has 0 amide bonds. The van der Waals surface area contributed by atoms with Gasteiger partial charge >= 0.3 is 0 Å². The van der Waals surface area contributed by atoms with Gasteiger partial charge in [0.25, 0.3) is 0 Å². The summed E-state index contributed by atoms with van der Waals surface area (Å²) in [7, 11) is 1.88. The smallest absolute Gasteiger partial charge is 0.131 e. The van der Waals surface area contributed by atoms with Gasteiger partial charge < -0.3 is 5.73 Å². The summed E-state index contributed by atoms with van der Waals surface area (Å²) < 4.78 is 1.74. The van der Waals surface area contributed by atoms with E-state index in [1.807, 2.05) is 14.0 Å². The number of aromatic nitrogens is 2. The molecule has 0 aromatic carbocycles. The van der Waals surface area contributed by atoms with Crippen LogP contribution >= 0.6 is 11.6 Å². The lowest BCUT2D eigenvalue weighted by molar-refractivity contribution is 0.144. The van der Waals surface area contributed by atoms with E-state index in [1.54, 1.807) is 4.68 Å². The summed E-state index contributed by atoms with van der Waals surface area (Å²) in [5, 5.41) is 5.11. The summed E-state index contributed by atoms with van der Waals surface area (Å²) in [5.41, 5.74) is 8.01. The van der Waals surface area contributed by atoms with E-state index in [0.29, 0.717) is 6.04 Å². The van der Waals surface area contributed by atoms with Crippen molar-refractivity contribution in [3.8, 4) is 0 Å². The van der Waals surface area contributed by atoms with Crippen LogP contribution in [0.1, 0.15) is 30.5 Å². The number of hydrogen-bond donors (Lipinski definition) is 1. The number of nitrogens with two attached hydrogens (primary N) is 1. The second kappa shape index (κ2) is 5.38. The third-order valence-corrected chi connectivity index (χ3v) is 4.12. The van der Waals surface area contributed by atoms with Crippen LogP contribution in [0.4, 0.5) is 0 Å². The van der Waals surface area contributed by atoms with E-state index >= 15 is 0 Å². The van der Waals surface area contributed by atoms with Gasteiger partial charge in [-0.15, -0.1) is 0 Å². The Kier molecular flexibility index (Phi) is 4.07. The standard InChI is InChI=1S/C12H21ClN4/c1-9-11(12(13)16(2)15-9)8-17-6-4-3-5-10(17)7-14/h10H,3-8,14H2,1-2H3. The third kappa shape index (κ3) is 2.64. The summed E-state index contributed by atoms with van der Waals surface area (Å²) in [6.45, 7) is 4.74. The number of aryl methyl sites for hydroxylation is 2. The number of halogens is 1. The molecular weight excluding hydrogens is 236 g/mol. The van der Waals surface area contributed by atoms with Crippen LogP contribution in [0.5, 0.6) is 0 Å². The average molecular weight is 257 g/mol. The zero-order valence-corrected chi connectivity index (χ0v) is 11.4. The van der Waals surface area contributed by atoms with Gasteiger partial charge in [-0.25, -0.2) is 0 Å². The summed E-state index contributed by atoms with van der Waals surface area (Å²) in [5.74, 6) is 0. The van der Waals surface area contributed by atoms with Crippen molar-refractivity contribution in [1.82, 2.24) is 14.7 Å². The van der Waals surface area contributed by atoms with Crippen molar-refractivity contribution in [2.24, 2.45) is 12.8 Å². The van der Waals surface area contributed by atoms with E-state index in [0.717, 1.165) is 36.0 Å². The first kappa shape index (κ1) is 12.9. The molecule has 1 aromatic heterocycles. The second-order valence-corrected chi connectivity index (χ2v) is 5.19. The van der Waals surface area contributed by atoms with Crippen molar-refractivity contribution >= 4 is 11.6 Å². The van der Waals surface area contributed by atoms with Crippen LogP contribution in [0.3, 0.4) is 0 Å². The molecule has 1 aliphatic heterocycles. The van der Waals surface area contributed by atoms with Gasteiger partial charge in [0, 0.05) is 31.7 Å². The van der Waals surface area contributed by atoms with E-state index < -0.39 is 0 Å². The van der Waals surface area contributed by atoms with Crippen molar-refractivity contribution in [2.45, 2.75) is 38.8 Å². The lowest BCUT2D eigenvalue weighted by atomic mass is 10.0. The predicted octanol–water partition coefficient (Wildman–Crippen LogP) is 1.70. The van der Waals surface area contributed by atoms with Gasteiger partial charge in [-0.05, 0) is 26.3 Å². The quantitative estimate of drug-likeness (QED) is 0.896. The van der Waals surface area contributed by atoms with Crippen LogP contribution < -0.4 is 5.73 Å². The molecule has 5 heteroatoms. The molecule has 1 saturated heterocycles. The predicted molar refractivity (Wildman–Crippen MR) is 70.1 cm³/mol. The molecule has 96 valence electrons. The molecule has 1 unspecified atom stereocenters. The van der Waals surface area contributed by atoms with Gasteiger partial charge in [-0.3, -0.25) is 9.58 Å². The zero-order chi connectivity index (χ0) is 12.4. The van der Waals surface area contributed by atoms with Crippen molar-refractivity contribution in [1.29, 1.82) is 0 Å². The Hall–Kier alpha value is -0.580. The normalized spacial score (nSPS) is 22.0. The van der Waals surface area contributed by atoms with Crippen LogP contribution in [0, 0.1) is 6.92 Å². The van der Waals surface area contributed by atoms with Crippen LogP contribution in [0.25, 0.3) is 0 Å². The fourth-order valence-corrected chi connectivity index (χ4v) is 2.83. The minimum atomic E-state index is 0.499. The first-order valence-electron chi connectivity index (χ1n) is 6.25. The Morgan fingerprint density at radius 1 is 1.47 bits per heavy atom. The van der Waals surface area contributed by atoms with Gasteiger partial charge in [-0.2, -0.15) is 5.10 Å². The topological polar surface area (TPSA) is 47.1 Å². The van der Waals surface area contributed by atoms with Crippen molar-refractivity contribution in [3.05, 3.63) is 16.4 Å². The summed E-state index contributed by atoms with van der Waals surface area (Å²) in [4.78, 5) is 2.44. The molecule has 2 N–H and O–H groups in total. The maximum absolute atomic E-state index is 6.27. The molecule has 0 radical (unpaired) electrons. The van der Waals surface area contributed by atoms with E-state index in [4.69, 9.17) is 17.3 Å². The molecule has 1 atom stereocenters. The van der Waals surface area contributed by atoms with Gasteiger partial charge in [0.2, 0.25) is 0 Å². The van der Waals surface area contributed by atoms with Gasteiger partial charge in [0.05, 0.1) is 5.69 Å². The maximum atomic E-state index is 6.27. The number of nitrogens with zero attached hydrogens (tertiary/aromatic N) is 3. The molecule has 0 aliphatic carbocycles. The monoisotopic (exact) mass is 256 g/mol. The minimum Gasteiger partial charge on any atom is -0.329 e. The Bertz CT molecular complexity index is 388. The van der Waals surface area contributed by atoms with Crippen LogP contribution in [-0.2, 0) is 13.6 Å². The molecule has 2 rings (SSSR count). The molecular formula is C12H21ClN4. The van der Waals surface area contributed by atoms with Gasteiger partial charge in [-0.1, -0.05) is 18.0 Å². The van der Waals surface area contributed by atoms with Crippen LogP contribution in [0.15, 0.2) is 0 Å². The first-order valence-corrected chi connectivity index (χ1v) is 6.63. The Balaban J connectivity index is 2.13. The number of likely N-dealkylation sites (tertiary alicyclic amines) is 1. The Morgan fingerprint density at radius 3 is 2.82 bits per heavy atom. The highest BCUT2D eigenvalue weighted by molar-refractivity contribution is 6.30. The fourth-order valence-electron chi connectivity index (χ4n) is 2.59. The molecule has 2 heterocycles. The lowest BCUT2D eigenvalue weighted by Crippen LogP contribution is -2.43. The molecule has 1 aliphatic rings. The second-order valence-electron chi connectivity index (χ2n) is 4.83. The largest absolute Gasteiger partial charge is 0.329 e. The van der Waals surface area contributed by atoms with Crippen molar-refractivity contribution in [3.63, 3.8) is 0 Å². The highest BCUT2D eigenvalue weighted by Gasteiger charge is 2.23. The van der Waals surface area contributed by atoms with Crippen molar-refractivity contribution in [2.75, 3.05) is 13.1 Å². The summed E-state index contributed by atoms with van der Waals surface area (Å²) >= 11 is 6.27. The molecule has 0 saturated carbocycles. The average Bonchev–Trinajstić information content (AvgIpc) is 2.57. The maximum Gasteiger partial charge on any atom is 0.131 e. The highest BCUT2D eigenvalue weighted by Crippen LogP contribution is 2.24. The van der Waals surface area contributed by atoms with Crippen molar-refractivity contribution < 1.29 is 0 Å². The summed E-state index contributed by atoms with van der Waals surface area (Å²) in [6, 6.07) is 0.499. The fraction of sp³-hybridized carbons (Fsp3) is 0.750. The van der Waals surface area contributed by atoms with Gasteiger partial charge in [0.1, 0.15) is 5.15 Å². The molecule has 17 heavy (non-hydrogen) atoms. The van der Waals surface area contributed by atoms with Gasteiger partial charge in [0.15, 0.2) is 0 Å². The first-order chi connectivity index (χ1) is 8.13. The molecule has 1 fully saturated rings. The molecule has 0 spiro atoms. The number of piperidine rings is 1. The highest BCUT2D eigenvalue weighted by atomic mass is 35.5. The summed E-state index contributed by atoms with van der Waals surface area (Å²) in [6.07, 6.45) is 3.75. The minimum absolute atomic E-state index is 0.499.